The van der Waals surface area contributed by atoms with Crippen molar-refractivity contribution in [2.75, 3.05) is 13.1 Å². The van der Waals surface area contributed by atoms with Crippen LogP contribution in [0.5, 0.6) is 0 Å². The minimum absolute atomic E-state index is 0.268. The summed E-state index contributed by atoms with van der Waals surface area (Å²) in [7, 11) is 0. The van der Waals surface area contributed by atoms with Crippen LogP contribution >= 0.6 is 0 Å². The lowest BCUT2D eigenvalue weighted by molar-refractivity contribution is -0.126. The van der Waals surface area contributed by atoms with Crippen molar-refractivity contribution in [3.05, 3.63) is 0 Å². The summed E-state index contributed by atoms with van der Waals surface area (Å²) in [5, 5.41) is 6.43. The number of amides is 1. The molecule has 3 aliphatic carbocycles. The molecule has 4 rings (SSSR count). The molecule has 1 saturated heterocycles. The standard InChI is InChI=1S/C12H18N2O/c15-12(8-4-13-5-8)14-11-9-6-1-2-7(3-6)10(9)11/h6-11,13H,1-5H2,(H,14,15). The van der Waals surface area contributed by atoms with Crippen molar-refractivity contribution in [3.8, 4) is 0 Å². The molecule has 0 aromatic carbocycles. The first-order chi connectivity index (χ1) is 7.34. The Morgan fingerprint density at radius 2 is 1.80 bits per heavy atom. The molecule has 4 fully saturated rings. The Bertz CT molecular complexity index is 297. The van der Waals surface area contributed by atoms with Gasteiger partial charge in [0, 0.05) is 19.1 Å². The van der Waals surface area contributed by atoms with Gasteiger partial charge in [-0.1, -0.05) is 0 Å². The molecule has 3 saturated carbocycles. The minimum atomic E-state index is 0.268. The average Bonchev–Trinajstić information content (AvgIpc) is 2.56. The first kappa shape index (κ1) is 8.57. The van der Waals surface area contributed by atoms with Crippen LogP contribution in [-0.2, 0) is 4.79 Å². The van der Waals surface area contributed by atoms with Crippen molar-refractivity contribution in [3.63, 3.8) is 0 Å². The van der Waals surface area contributed by atoms with Crippen molar-refractivity contribution in [2.45, 2.75) is 25.3 Å². The molecule has 2 N–H and O–H groups in total. The Morgan fingerprint density at radius 3 is 2.33 bits per heavy atom. The Labute approximate surface area is 90.0 Å². The number of carbonyl (C=O) groups excluding carboxylic acids is 1. The van der Waals surface area contributed by atoms with Gasteiger partial charge < -0.3 is 10.6 Å². The molecule has 1 aliphatic heterocycles. The molecule has 3 heteroatoms. The summed E-state index contributed by atoms with van der Waals surface area (Å²) in [6, 6.07) is 0.573. The number of rotatable bonds is 2. The molecule has 0 spiro atoms. The smallest absolute Gasteiger partial charge is 0.225 e. The van der Waals surface area contributed by atoms with Gasteiger partial charge >= 0.3 is 0 Å². The van der Waals surface area contributed by atoms with Crippen LogP contribution in [-0.4, -0.2) is 25.0 Å². The molecule has 0 aromatic rings. The van der Waals surface area contributed by atoms with Crippen molar-refractivity contribution in [2.24, 2.45) is 29.6 Å². The first-order valence-corrected chi connectivity index (χ1v) is 6.35. The molecular formula is C12H18N2O. The van der Waals surface area contributed by atoms with E-state index in [1.54, 1.807) is 0 Å². The zero-order valence-electron chi connectivity index (χ0n) is 8.91. The zero-order valence-corrected chi connectivity index (χ0v) is 8.91. The van der Waals surface area contributed by atoms with E-state index in [9.17, 15) is 4.79 Å². The summed E-state index contributed by atoms with van der Waals surface area (Å²) in [6.45, 7) is 1.78. The highest BCUT2D eigenvalue weighted by atomic mass is 16.2. The first-order valence-electron chi connectivity index (χ1n) is 6.35. The summed E-state index contributed by atoms with van der Waals surface area (Å²) >= 11 is 0. The third kappa shape index (κ3) is 1.07. The molecule has 4 aliphatic rings. The van der Waals surface area contributed by atoms with Crippen molar-refractivity contribution in [1.29, 1.82) is 0 Å². The van der Waals surface area contributed by atoms with Crippen LogP contribution in [0.2, 0.25) is 0 Å². The molecule has 1 amide bonds. The van der Waals surface area contributed by atoms with Gasteiger partial charge in [-0.3, -0.25) is 4.79 Å². The molecule has 4 unspecified atom stereocenters. The van der Waals surface area contributed by atoms with Gasteiger partial charge in [0.2, 0.25) is 5.91 Å². The molecule has 4 atom stereocenters. The van der Waals surface area contributed by atoms with E-state index < -0.39 is 0 Å². The van der Waals surface area contributed by atoms with Crippen molar-refractivity contribution in [1.82, 2.24) is 10.6 Å². The van der Waals surface area contributed by atoms with E-state index in [2.05, 4.69) is 10.6 Å². The predicted molar refractivity (Wildman–Crippen MR) is 56.1 cm³/mol. The van der Waals surface area contributed by atoms with Crippen LogP contribution < -0.4 is 10.6 Å². The van der Waals surface area contributed by atoms with Crippen LogP contribution in [0.1, 0.15) is 19.3 Å². The molecular weight excluding hydrogens is 188 g/mol. The number of nitrogens with one attached hydrogen (secondary N) is 2. The highest BCUT2D eigenvalue weighted by Crippen LogP contribution is 2.65. The van der Waals surface area contributed by atoms with Crippen LogP contribution in [0.3, 0.4) is 0 Å². The highest BCUT2D eigenvalue weighted by Gasteiger charge is 2.65. The van der Waals surface area contributed by atoms with E-state index in [4.69, 9.17) is 0 Å². The van der Waals surface area contributed by atoms with Gasteiger partial charge in [0.15, 0.2) is 0 Å². The fourth-order valence-electron chi connectivity index (χ4n) is 4.27. The molecule has 3 nitrogen and oxygen atoms in total. The maximum atomic E-state index is 11.8. The van der Waals surface area contributed by atoms with Crippen molar-refractivity contribution < 1.29 is 4.79 Å². The highest BCUT2D eigenvalue weighted by molar-refractivity contribution is 5.80. The second-order valence-corrected chi connectivity index (χ2v) is 5.88. The summed E-state index contributed by atoms with van der Waals surface area (Å²) in [5.41, 5.74) is 0. The Hall–Kier alpha value is -0.570. The molecule has 0 aromatic heterocycles. The van der Waals surface area contributed by atoms with E-state index in [1.165, 1.54) is 19.3 Å². The van der Waals surface area contributed by atoms with E-state index in [-0.39, 0.29) is 5.92 Å². The molecule has 82 valence electrons. The molecule has 1 heterocycles. The van der Waals surface area contributed by atoms with Gasteiger partial charge in [-0.15, -0.1) is 0 Å². The Morgan fingerprint density at radius 1 is 1.13 bits per heavy atom. The van der Waals surface area contributed by atoms with Gasteiger partial charge in [-0.05, 0) is 42.9 Å². The lowest BCUT2D eigenvalue weighted by atomic mass is 10.0. The van der Waals surface area contributed by atoms with Gasteiger partial charge in [0.05, 0.1) is 5.92 Å². The van der Waals surface area contributed by atoms with Gasteiger partial charge in [0.25, 0.3) is 0 Å². The number of carbonyl (C=O) groups is 1. The van der Waals surface area contributed by atoms with Crippen LogP contribution in [0.15, 0.2) is 0 Å². The maximum Gasteiger partial charge on any atom is 0.225 e. The topological polar surface area (TPSA) is 41.1 Å². The predicted octanol–water partition coefficient (Wildman–Crippen LogP) is 0.366. The van der Waals surface area contributed by atoms with Gasteiger partial charge in [-0.25, -0.2) is 0 Å². The maximum absolute atomic E-state index is 11.8. The minimum Gasteiger partial charge on any atom is -0.352 e. The van der Waals surface area contributed by atoms with E-state index in [0.29, 0.717) is 11.9 Å². The fraction of sp³-hybridized carbons (Fsp3) is 0.917. The summed E-state index contributed by atoms with van der Waals surface area (Å²) < 4.78 is 0. The molecule has 2 bridgehead atoms. The normalized spacial score (nSPS) is 51.1. The average molecular weight is 206 g/mol. The summed E-state index contributed by atoms with van der Waals surface area (Å²) in [6.07, 6.45) is 4.33. The van der Waals surface area contributed by atoms with Crippen LogP contribution in [0.25, 0.3) is 0 Å². The molecule has 15 heavy (non-hydrogen) atoms. The third-order valence-electron chi connectivity index (χ3n) is 5.20. The molecule has 0 radical (unpaired) electrons. The Balaban J connectivity index is 1.39. The quantitative estimate of drug-likeness (QED) is 0.685. The van der Waals surface area contributed by atoms with Gasteiger partial charge in [-0.2, -0.15) is 0 Å². The van der Waals surface area contributed by atoms with E-state index in [1.807, 2.05) is 0 Å². The second-order valence-electron chi connectivity index (χ2n) is 5.88. The number of hydrogen-bond donors (Lipinski definition) is 2. The largest absolute Gasteiger partial charge is 0.352 e. The number of hydrogen-bond acceptors (Lipinski definition) is 2. The lowest BCUT2D eigenvalue weighted by Crippen LogP contribution is -2.51. The number of fused-ring (bicyclic) bond motifs is 5. The van der Waals surface area contributed by atoms with Crippen LogP contribution in [0, 0.1) is 29.6 Å². The second kappa shape index (κ2) is 2.76. The van der Waals surface area contributed by atoms with E-state index >= 15 is 0 Å². The lowest BCUT2D eigenvalue weighted by Gasteiger charge is -2.26. The third-order valence-corrected chi connectivity index (χ3v) is 5.20. The zero-order chi connectivity index (χ0) is 9.99. The van der Waals surface area contributed by atoms with E-state index in [0.717, 1.165) is 36.8 Å². The fourth-order valence-corrected chi connectivity index (χ4v) is 4.27. The monoisotopic (exact) mass is 206 g/mol. The van der Waals surface area contributed by atoms with Crippen LogP contribution in [0.4, 0.5) is 0 Å². The van der Waals surface area contributed by atoms with Gasteiger partial charge in [0.1, 0.15) is 0 Å². The summed E-state index contributed by atoms with van der Waals surface area (Å²) in [5.74, 6) is 4.26. The Kier molecular flexibility index (Phi) is 1.58. The SMILES string of the molecule is O=C(NC1C2C3CCC(C3)C12)C1CNC1. The van der Waals surface area contributed by atoms with Crippen molar-refractivity contribution >= 4 is 5.91 Å². The summed E-state index contributed by atoms with van der Waals surface area (Å²) in [4.78, 5) is 11.8.